The fourth-order valence-corrected chi connectivity index (χ4v) is 3.25. The molecule has 118 valence electrons. The maximum atomic E-state index is 12.2. The summed E-state index contributed by atoms with van der Waals surface area (Å²) in [4.78, 5) is 12.2. The summed E-state index contributed by atoms with van der Waals surface area (Å²) in [5, 5.41) is 1.83. The molecule has 1 aromatic heterocycles. The predicted molar refractivity (Wildman–Crippen MR) is 80.7 cm³/mol. The lowest BCUT2D eigenvalue weighted by Gasteiger charge is -2.35. The molecule has 1 heterocycles. The van der Waals surface area contributed by atoms with Crippen LogP contribution in [-0.4, -0.2) is 25.8 Å². The molecule has 0 aliphatic heterocycles. The Morgan fingerprint density at radius 1 is 1.48 bits per heavy atom. The number of carbonyl (C=O) groups excluding carboxylic acids is 1. The molecule has 6 heteroatoms. The summed E-state index contributed by atoms with van der Waals surface area (Å²) in [6.07, 6.45) is 2.67. The molecule has 2 rings (SSSR count). The number of aryl methyl sites for hydroxylation is 1. The molecule has 1 aromatic rings. The molecule has 0 saturated carbocycles. The van der Waals surface area contributed by atoms with Crippen molar-refractivity contribution in [1.29, 1.82) is 0 Å². The number of hydrogen-bond acceptors (Lipinski definition) is 4. The van der Waals surface area contributed by atoms with E-state index >= 15 is 0 Å². The van der Waals surface area contributed by atoms with E-state index < -0.39 is 21.0 Å². The van der Waals surface area contributed by atoms with Gasteiger partial charge < -0.3 is 9.73 Å². The molecule has 0 saturated heterocycles. The van der Waals surface area contributed by atoms with E-state index in [1.165, 1.54) is 6.92 Å². The normalized spacial score (nSPS) is 22.4. The first-order valence-electron chi connectivity index (χ1n) is 7.08. The third-order valence-electron chi connectivity index (χ3n) is 4.06. The molecule has 0 aromatic carbocycles. The maximum absolute atomic E-state index is 12.2. The van der Waals surface area contributed by atoms with Gasteiger partial charge in [0.05, 0.1) is 6.04 Å². The van der Waals surface area contributed by atoms with Gasteiger partial charge in [-0.15, -0.1) is 0 Å². The number of fused-ring (bicyclic) bond motifs is 1. The summed E-state index contributed by atoms with van der Waals surface area (Å²) >= 11 is 0. The molecule has 21 heavy (non-hydrogen) atoms. The van der Waals surface area contributed by atoms with Crippen molar-refractivity contribution in [2.24, 2.45) is 5.41 Å². The van der Waals surface area contributed by atoms with Crippen molar-refractivity contribution >= 4 is 15.7 Å². The fourth-order valence-electron chi connectivity index (χ4n) is 2.80. The van der Waals surface area contributed by atoms with Crippen LogP contribution in [0.4, 0.5) is 0 Å². The molecule has 5 nitrogen and oxygen atoms in total. The molecule has 1 N–H and O–H groups in total. The van der Waals surface area contributed by atoms with Gasteiger partial charge in [-0.25, -0.2) is 8.42 Å². The third-order valence-corrected chi connectivity index (χ3v) is 5.56. The van der Waals surface area contributed by atoms with E-state index in [2.05, 4.69) is 19.2 Å². The van der Waals surface area contributed by atoms with Gasteiger partial charge in [0.2, 0.25) is 5.91 Å². The first kappa shape index (κ1) is 16.1. The molecular formula is C15H23NO4S. The van der Waals surface area contributed by atoms with Crippen molar-refractivity contribution in [2.75, 3.05) is 6.26 Å². The van der Waals surface area contributed by atoms with Crippen LogP contribution in [0.2, 0.25) is 0 Å². The zero-order chi connectivity index (χ0) is 16.0. The Bertz CT molecular complexity index is 657. The summed E-state index contributed by atoms with van der Waals surface area (Å²) in [6.45, 7) is 7.53. The average Bonchev–Trinajstić information content (AvgIpc) is 2.65. The summed E-state index contributed by atoms with van der Waals surface area (Å²) in [6, 6.07) is 1.73. The second kappa shape index (κ2) is 5.16. The minimum atomic E-state index is -3.39. The Morgan fingerprint density at radius 3 is 2.67 bits per heavy atom. The molecule has 0 radical (unpaired) electrons. The van der Waals surface area contributed by atoms with Gasteiger partial charge in [0.15, 0.2) is 9.84 Å². The number of furan rings is 1. The number of amides is 1. The Kier molecular flexibility index (Phi) is 3.95. The monoisotopic (exact) mass is 313 g/mol. The van der Waals surface area contributed by atoms with Crippen molar-refractivity contribution in [2.45, 2.75) is 51.8 Å². The van der Waals surface area contributed by atoms with Gasteiger partial charge in [0.25, 0.3) is 0 Å². The van der Waals surface area contributed by atoms with Gasteiger partial charge >= 0.3 is 0 Å². The summed E-state index contributed by atoms with van der Waals surface area (Å²) in [5.41, 5.74) is 0.977. The van der Waals surface area contributed by atoms with Crippen molar-refractivity contribution in [3.63, 3.8) is 0 Å². The lowest BCUT2D eigenvalue weighted by atomic mass is 9.74. The van der Waals surface area contributed by atoms with Crippen LogP contribution in [0.1, 0.15) is 50.3 Å². The molecule has 0 fully saturated rings. The Balaban J connectivity index is 2.26. The van der Waals surface area contributed by atoms with E-state index in [1.807, 2.05) is 13.0 Å². The summed E-state index contributed by atoms with van der Waals surface area (Å²) in [5.74, 6) is 1.25. The van der Waals surface area contributed by atoms with E-state index in [4.69, 9.17) is 4.42 Å². The molecule has 1 aliphatic carbocycles. The standard InChI is InChI=1S/C15H23NO4S/c1-9-6-11-12(7-15(3,4)8-13(11)20-9)16-14(17)10(2)21(5,18)19/h6,10,12H,7-8H2,1-5H3,(H,16,17)/t10-,12-/m1/s1. The third kappa shape index (κ3) is 3.48. The van der Waals surface area contributed by atoms with Crippen LogP contribution < -0.4 is 5.32 Å². The number of rotatable bonds is 3. The van der Waals surface area contributed by atoms with Gasteiger partial charge in [-0.2, -0.15) is 0 Å². The topological polar surface area (TPSA) is 76.4 Å². The fraction of sp³-hybridized carbons (Fsp3) is 0.667. The molecule has 0 bridgehead atoms. The quantitative estimate of drug-likeness (QED) is 0.927. The van der Waals surface area contributed by atoms with Crippen LogP contribution in [0.5, 0.6) is 0 Å². The minimum Gasteiger partial charge on any atom is -0.466 e. The van der Waals surface area contributed by atoms with Gasteiger partial charge in [-0.1, -0.05) is 13.8 Å². The molecule has 2 atom stereocenters. The van der Waals surface area contributed by atoms with Crippen LogP contribution in [-0.2, 0) is 21.1 Å². The highest BCUT2D eigenvalue weighted by Gasteiger charge is 2.37. The van der Waals surface area contributed by atoms with Crippen LogP contribution in [0.25, 0.3) is 0 Å². The minimum absolute atomic E-state index is 0.00354. The highest BCUT2D eigenvalue weighted by Crippen LogP contribution is 2.42. The van der Waals surface area contributed by atoms with Crippen molar-refractivity contribution < 1.29 is 17.6 Å². The van der Waals surface area contributed by atoms with E-state index in [0.717, 1.165) is 36.2 Å². The molecule has 1 aliphatic rings. The molecule has 0 spiro atoms. The number of carbonyl (C=O) groups is 1. The first-order chi connectivity index (χ1) is 9.49. The largest absolute Gasteiger partial charge is 0.466 e. The van der Waals surface area contributed by atoms with Gasteiger partial charge in [-0.3, -0.25) is 4.79 Å². The highest BCUT2D eigenvalue weighted by molar-refractivity contribution is 7.92. The van der Waals surface area contributed by atoms with Crippen molar-refractivity contribution in [3.05, 3.63) is 23.2 Å². The van der Waals surface area contributed by atoms with Crippen LogP contribution >= 0.6 is 0 Å². The van der Waals surface area contributed by atoms with E-state index in [9.17, 15) is 13.2 Å². The Hall–Kier alpha value is -1.30. The van der Waals surface area contributed by atoms with Crippen LogP contribution in [0.15, 0.2) is 10.5 Å². The van der Waals surface area contributed by atoms with Crippen LogP contribution in [0, 0.1) is 12.3 Å². The molecular weight excluding hydrogens is 290 g/mol. The smallest absolute Gasteiger partial charge is 0.238 e. The maximum Gasteiger partial charge on any atom is 0.238 e. The average molecular weight is 313 g/mol. The van der Waals surface area contributed by atoms with Crippen molar-refractivity contribution in [3.8, 4) is 0 Å². The van der Waals surface area contributed by atoms with E-state index in [1.54, 1.807) is 0 Å². The molecule has 1 amide bonds. The second-order valence-electron chi connectivity index (χ2n) is 6.81. The highest BCUT2D eigenvalue weighted by atomic mass is 32.2. The van der Waals surface area contributed by atoms with Crippen LogP contribution in [0.3, 0.4) is 0 Å². The van der Waals surface area contributed by atoms with Gasteiger partial charge in [-0.05, 0) is 31.7 Å². The first-order valence-corrected chi connectivity index (χ1v) is 9.03. The summed E-state index contributed by atoms with van der Waals surface area (Å²) in [7, 11) is -3.39. The lowest BCUT2D eigenvalue weighted by molar-refractivity contribution is -0.121. The SMILES string of the molecule is Cc1cc2c(o1)CC(C)(C)C[C@H]2NC(=O)[C@@H](C)S(C)(=O)=O. The van der Waals surface area contributed by atoms with Gasteiger partial charge in [0.1, 0.15) is 16.8 Å². The molecule has 0 unspecified atom stereocenters. The zero-order valence-corrected chi connectivity index (χ0v) is 14.0. The van der Waals surface area contributed by atoms with Gasteiger partial charge in [0, 0.05) is 18.2 Å². The van der Waals surface area contributed by atoms with Crippen molar-refractivity contribution in [1.82, 2.24) is 5.32 Å². The van der Waals surface area contributed by atoms with E-state index in [0.29, 0.717) is 0 Å². The second-order valence-corrected chi connectivity index (χ2v) is 9.18. The Labute approximate surface area is 126 Å². The Morgan fingerprint density at radius 2 is 2.10 bits per heavy atom. The summed E-state index contributed by atoms with van der Waals surface area (Å²) < 4.78 is 28.7. The number of nitrogens with one attached hydrogen (secondary N) is 1. The zero-order valence-electron chi connectivity index (χ0n) is 13.2. The number of sulfone groups is 1. The van der Waals surface area contributed by atoms with E-state index in [-0.39, 0.29) is 11.5 Å². The number of hydrogen-bond donors (Lipinski definition) is 1. The lowest BCUT2D eigenvalue weighted by Crippen LogP contribution is -2.42. The predicted octanol–water partition coefficient (Wildman–Crippen LogP) is 2.15.